The number of aryl methyl sites for hydroxylation is 2. The molecule has 14 heteroatoms. The number of aromatic amines is 1. The van der Waals surface area contributed by atoms with Crippen LogP contribution in [0.15, 0.2) is 60.9 Å². The van der Waals surface area contributed by atoms with Crippen molar-refractivity contribution in [2.24, 2.45) is 0 Å². The standard InChI is InChI=1S/C43H53N9O5/c1-48(2)43(57)38-27-36-29(24-32(26-37(36)45-38)31-10-7-19-51(28-31)41(55)17-22-52-23-18-44-47-52)8-4-5-12-40(54)50-20-15-33(16-21-50)49(3)34-11-6-9-30(25-34)35-13-14-39(53)46-42(35)56/h6,9-11,18,23-27,33,35,45H,4-5,7-8,12-17,19-22,28H2,1-3H3,(H,46,53,56). The molecule has 4 aromatic rings. The van der Waals surface area contributed by atoms with E-state index in [0.717, 1.165) is 77.4 Å². The Labute approximate surface area is 333 Å². The summed E-state index contributed by atoms with van der Waals surface area (Å²) in [6.07, 6.45) is 12.1. The number of hydrogen-bond acceptors (Lipinski definition) is 8. The van der Waals surface area contributed by atoms with Crippen molar-refractivity contribution in [3.63, 3.8) is 0 Å². The molecular weight excluding hydrogens is 723 g/mol. The Balaban J connectivity index is 0.942. The van der Waals surface area contributed by atoms with Crippen LogP contribution in [0.4, 0.5) is 5.69 Å². The molecule has 1 atom stereocenters. The molecule has 57 heavy (non-hydrogen) atoms. The van der Waals surface area contributed by atoms with E-state index < -0.39 is 0 Å². The van der Waals surface area contributed by atoms with Crippen LogP contribution < -0.4 is 10.2 Å². The number of carbonyl (C=O) groups is 5. The van der Waals surface area contributed by atoms with Crippen molar-refractivity contribution in [1.82, 2.24) is 40.0 Å². The van der Waals surface area contributed by atoms with Crippen molar-refractivity contribution in [1.29, 1.82) is 0 Å². The maximum atomic E-state index is 13.4. The minimum atomic E-state index is -0.321. The van der Waals surface area contributed by atoms with Gasteiger partial charge in [0.2, 0.25) is 23.6 Å². The number of H-pyrrole nitrogens is 1. The predicted molar refractivity (Wildman–Crippen MR) is 217 cm³/mol. The molecule has 0 saturated carbocycles. The summed E-state index contributed by atoms with van der Waals surface area (Å²) in [6, 6.07) is 14.5. The molecule has 0 radical (unpaired) electrons. The van der Waals surface area contributed by atoms with E-state index in [1.165, 1.54) is 0 Å². The van der Waals surface area contributed by atoms with E-state index in [2.05, 4.69) is 62.9 Å². The minimum absolute atomic E-state index is 0.0777. The molecule has 0 aliphatic carbocycles. The molecular formula is C43H53N9O5. The Morgan fingerprint density at radius 1 is 0.912 bits per heavy atom. The Morgan fingerprint density at radius 2 is 1.72 bits per heavy atom. The summed E-state index contributed by atoms with van der Waals surface area (Å²) >= 11 is 0. The molecule has 2 aromatic carbocycles. The zero-order chi connectivity index (χ0) is 40.1. The van der Waals surface area contributed by atoms with Gasteiger partial charge in [0.15, 0.2) is 0 Å². The third-order valence-corrected chi connectivity index (χ3v) is 11.7. The lowest BCUT2D eigenvalue weighted by molar-refractivity contribution is -0.134. The van der Waals surface area contributed by atoms with E-state index in [1.54, 1.807) is 36.1 Å². The zero-order valence-electron chi connectivity index (χ0n) is 33.2. The number of fused-ring (bicyclic) bond motifs is 1. The number of imide groups is 1. The van der Waals surface area contributed by atoms with Gasteiger partial charge in [0.05, 0.1) is 18.7 Å². The topological polar surface area (TPSA) is 157 Å². The van der Waals surface area contributed by atoms with E-state index in [-0.39, 0.29) is 41.5 Å². The lowest BCUT2D eigenvalue weighted by Gasteiger charge is -2.38. The van der Waals surface area contributed by atoms with Crippen LogP contribution in [-0.4, -0.2) is 118 Å². The first-order chi connectivity index (χ1) is 27.5. The number of aromatic nitrogens is 4. The van der Waals surface area contributed by atoms with E-state index in [9.17, 15) is 24.0 Å². The third-order valence-electron chi connectivity index (χ3n) is 11.7. The molecule has 2 saturated heterocycles. The second kappa shape index (κ2) is 17.6. The summed E-state index contributed by atoms with van der Waals surface area (Å²) in [5.74, 6) is -0.607. The molecule has 2 N–H and O–H groups in total. The molecule has 3 aliphatic rings. The fraction of sp³-hybridized carbons (Fsp3) is 0.465. The predicted octanol–water partition coefficient (Wildman–Crippen LogP) is 4.53. The van der Waals surface area contributed by atoms with Crippen molar-refractivity contribution < 1.29 is 24.0 Å². The number of nitrogens with zero attached hydrogens (tertiary/aromatic N) is 7. The van der Waals surface area contributed by atoms with Gasteiger partial charge in [0.1, 0.15) is 5.69 Å². The molecule has 3 aliphatic heterocycles. The maximum absolute atomic E-state index is 13.4. The van der Waals surface area contributed by atoms with Crippen LogP contribution in [0.25, 0.3) is 16.5 Å². The third kappa shape index (κ3) is 9.27. The highest BCUT2D eigenvalue weighted by molar-refractivity contribution is 6.01. The average Bonchev–Trinajstić information content (AvgIpc) is 3.92. The number of rotatable bonds is 13. The number of piperidine rings is 2. The first kappa shape index (κ1) is 39.4. The SMILES string of the molecule is CN(C)C(=O)c1cc2c(CCCCC(=O)N3CCC(N(C)c4cccc(C5CCC(=O)NC5=O)c4)CC3)cc(C3=CCCN(C(=O)CCn4ccnn4)C3)cc2[nH]1. The Bertz CT molecular complexity index is 2150. The molecule has 2 aromatic heterocycles. The van der Waals surface area contributed by atoms with Gasteiger partial charge in [0.25, 0.3) is 5.91 Å². The quantitative estimate of drug-likeness (QED) is 0.148. The van der Waals surface area contributed by atoms with E-state index >= 15 is 0 Å². The van der Waals surface area contributed by atoms with E-state index in [4.69, 9.17) is 0 Å². The molecule has 7 rings (SSSR count). The summed E-state index contributed by atoms with van der Waals surface area (Å²) in [7, 11) is 5.55. The lowest BCUT2D eigenvalue weighted by atomic mass is 9.90. The van der Waals surface area contributed by atoms with Gasteiger partial charge in [-0.3, -0.25) is 34.0 Å². The van der Waals surface area contributed by atoms with Crippen molar-refractivity contribution in [3.8, 4) is 0 Å². The molecule has 0 spiro atoms. The smallest absolute Gasteiger partial charge is 0.269 e. The molecule has 1 unspecified atom stereocenters. The molecule has 2 fully saturated rings. The van der Waals surface area contributed by atoms with Gasteiger partial charge in [-0.1, -0.05) is 29.5 Å². The Kier molecular flexibility index (Phi) is 12.2. The van der Waals surface area contributed by atoms with Crippen molar-refractivity contribution in [3.05, 3.63) is 83.3 Å². The van der Waals surface area contributed by atoms with Gasteiger partial charge in [-0.2, -0.15) is 0 Å². The minimum Gasteiger partial charge on any atom is -0.371 e. The maximum Gasteiger partial charge on any atom is 0.269 e. The number of benzene rings is 2. The number of anilines is 1. The Hall–Kier alpha value is -5.79. The van der Waals surface area contributed by atoms with Crippen LogP contribution in [0.5, 0.6) is 0 Å². The Morgan fingerprint density at radius 3 is 2.47 bits per heavy atom. The van der Waals surface area contributed by atoms with E-state index in [1.807, 2.05) is 28.0 Å². The van der Waals surface area contributed by atoms with Crippen LogP contribution in [0.1, 0.15) is 90.9 Å². The number of unbranched alkanes of at least 4 members (excludes halogenated alkanes) is 1. The van der Waals surface area contributed by atoms with Crippen LogP contribution in [0.2, 0.25) is 0 Å². The number of amides is 5. The highest BCUT2D eigenvalue weighted by Gasteiger charge is 2.30. The highest BCUT2D eigenvalue weighted by Crippen LogP contribution is 2.32. The monoisotopic (exact) mass is 775 g/mol. The molecule has 14 nitrogen and oxygen atoms in total. The van der Waals surface area contributed by atoms with Gasteiger partial charge in [-0.25, -0.2) is 0 Å². The summed E-state index contributed by atoms with van der Waals surface area (Å²) in [5, 5.41) is 11.3. The second-order valence-corrected chi connectivity index (χ2v) is 15.8. The van der Waals surface area contributed by atoms with Crippen LogP contribution in [-0.2, 0) is 32.1 Å². The second-order valence-electron chi connectivity index (χ2n) is 15.8. The fourth-order valence-electron chi connectivity index (χ4n) is 8.38. The summed E-state index contributed by atoms with van der Waals surface area (Å²) in [5.41, 5.74) is 6.60. The van der Waals surface area contributed by atoms with Gasteiger partial charge >= 0.3 is 0 Å². The molecule has 5 amide bonds. The summed E-state index contributed by atoms with van der Waals surface area (Å²) in [4.78, 5) is 74.7. The summed E-state index contributed by atoms with van der Waals surface area (Å²) in [6.45, 7) is 3.07. The number of hydrogen-bond donors (Lipinski definition) is 2. The average molecular weight is 776 g/mol. The molecule has 5 heterocycles. The number of nitrogens with one attached hydrogen (secondary N) is 2. The van der Waals surface area contributed by atoms with Crippen molar-refractivity contribution in [2.45, 2.75) is 82.7 Å². The van der Waals surface area contributed by atoms with Gasteiger partial charge in [-0.05, 0) is 91.5 Å². The normalized spacial score (nSPS) is 17.7. The largest absolute Gasteiger partial charge is 0.371 e. The van der Waals surface area contributed by atoms with Crippen LogP contribution >= 0.6 is 0 Å². The molecule has 0 bridgehead atoms. The van der Waals surface area contributed by atoms with Crippen molar-refractivity contribution in [2.75, 3.05) is 52.2 Å². The van der Waals surface area contributed by atoms with Crippen LogP contribution in [0, 0.1) is 0 Å². The van der Waals surface area contributed by atoms with Gasteiger partial charge in [0, 0.05) is 95.4 Å². The first-order valence-electron chi connectivity index (χ1n) is 20.2. The zero-order valence-corrected chi connectivity index (χ0v) is 33.2. The highest BCUT2D eigenvalue weighted by atomic mass is 16.2. The first-order valence-corrected chi connectivity index (χ1v) is 20.2. The lowest BCUT2D eigenvalue weighted by Crippen LogP contribution is -2.45. The molecule has 300 valence electrons. The number of carbonyl (C=O) groups excluding carboxylic acids is 5. The number of likely N-dealkylation sites (tertiary alicyclic amines) is 1. The van der Waals surface area contributed by atoms with Crippen molar-refractivity contribution >= 4 is 51.7 Å². The van der Waals surface area contributed by atoms with Gasteiger partial charge < -0.3 is 24.6 Å². The van der Waals surface area contributed by atoms with Crippen LogP contribution in [0.3, 0.4) is 0 Å². The summed E-state index contributed by atoms with van der Waals surface area (Å²) < 4.78 is 1.67. The van der Waals surface area contributed by atoms with E-state index in [0.29, 0.717) is 64.1 Å². The van der Waals surface area contributed by atoms with Gasteiger partial charge in [-0.15, -0.1) is 5.10 Å². The fourth-order valence-corrected chi connectivity index (χ4v) is 8.38.